The van der Waals surface area contributed by atoms with Crippen molar-refractivity contribution in [1.29, 1.82) is 0 Å². The molecule has 1 aromatic heterocycles. The van der Waals surface area contributed by atoms with Crippen molar-refractivity contribution in [2.24, 2.45) is 0 Å². The maximum atomic E-state index is 11.2. The van der Waals surface area contributed by atoms with Crippen LogP contribution in [0.5, 0.6) is 0 Å². The van der Waals surface area contributed by atoms with E-state index in [0.29, 0.717) is 12.2 Å². The number of aliphatic hydroxyl groups is 1. The molecule has 1 fully saturated rings. The molecule has 0 radical (unpaired) electrons. The van der Waals surface area contributed by atoms with Gasteiger partial charge in [-0.25, -0.2) is 9.48 Å². The highest BCUT2D eigenvalue weighted by atomic mass is 16.4. The number of carbonyl (C=O) groups is 1. The fraction of sp³-hybridized carbons (Fsp3) is 0.769. The Kier molecular flexibility index (Phi) is 3.38. The van der Waals surface area contributed by atoms with Crippen LogP contribution in [0.25, 0.3) is 0 Å². The molecule has 0 aromatic carbocycles. The normalized spacial score (nSPS) is 18.7. The molecule has 1 aromatic rings. The van der Waals surface area contributed by atoms with Crippen LogP contribution in [0.15, 0.2) is 0 Å². The number of carboxylic acid groups (broad SMARTS) is 1. The maximum Gasteiger partial charge on any atom is 0.358 e. The number of rotatable bonds is 3. The molecule has 6 nitrogen and oxygen atoms in total. The van der Waals surface area contributed by atoms with E-state index in [0.717, 1.165) is 25.7 Å². The summed E-state index contributed by atoms with van der Waals surface area (Å²) in [6.07, 6.45) is 3.47. The molecule has 106 valence electrons. The summed E-state index contributed by atoms with van der Waals surface area (Å²) in [5.74, 6) is -1.07. The van der Waals surface area contributed by atoms with Gasteiger partial charge in [-0.3, -0.25) is 0 Å². The van der Waals surface area contributed by atoms with Gasteiger partial charge in [0.25, 0.3) is 0 Å². The van der Waals surface area contributed by atoms with Gasteiger partial charge in [-0.2, -0.15) is 0 Å². The zero-order valence-electron chi connectivity index (χ0n) is 11.7. The number of aromatic carboxylic acids is 1. The van der Waals surface area contributed by atoms with E-state index >= 15 is 0 Å². The van der Waals surface area contributed by atoms with Gasteiger partial charge in [-0.1, -0.05) is 38.8 Å². The monoisotopic (exact) mass is 267 g/mol. The second-order valence-corrected chi connectivity index (χ2v) is 6.43. The van der Waals surface area contributed by atoms with Crippen molar-refractivity contribution in [1.82, 2.24) is 15.0 Å². The quantitative estimate of drug-likeness (QED) is 0.868. The van der Waals surface area contributed by atoms with E-state index in [1.807, 2.05) is 20.8 Å². The third-order valence-corrected chi connectivity index (χ3v) is 3.63. The highest BCUT2D eigenvalue weighted by Crippen LogP contribution is 2.33. The van der Waals surface area contributed by atoms with E-state index in [1.54, 1.807) is 4.68 Å². The Bertz CT molecular complexity index is 482. The third kappa shape index (κ3) is 2.78. The van der Waals surface area contributed by atoms with Crippen LogP contribution in [0, 0.1) is 0 Å². The second-order valence-electron chi connectivity index (χ2n) is 6.43. The number of hydrogen-bond donors (Lipinski definition) is 2. The predicted octanol–water partition coefficient (Wildman–Crippen LogP) is 1.58. The van der Waals surface area contributed by atoms with Crippen LogP contribution in [0.2, 0.25) is 0 Å². The fourth-order valence-corrected chi connectivity index (χ4v) is 2.78. The Morgan fingerprint density at radius 1 is 1.37 bits per heavy atom. The van der Waals surface area contributed by atoms with Crippen molar-refractivity contribution in [2.45, 2.75) is 64.0 Å². The van der Waals surface area contributed by atoms with Crippen molar-refractivity contribution < 1.29 is 15.0 Å². The van der Waals surface area contributed by atoms with Crippen LogP contribution in [0.3, 0.4) is 0 Å². The van der Waals surface area contributed by atoms with Crippen LogP contribution < -0.4 is 0 Å². The third-order valence-electron chi connectivity index (χ3n) is 3.63. The minimum Gasteiger partial charge on any atom is -0.476 e. The van der Waals surface area contributed by atoms with Crippen LogP contribution in [-0.4, -0.2) is 36.8 Å². The Hall–Kier alpha value is -1.43. The molecule has 0 bridgehead atoms. The lowest BCUT2D eigenvalue weighted by atomic mass is 9.89. The predicted molar refractivity (Wildman–Crippen MR) is 69.1 cm³/mol. The van der Waals surface area contributed by atoms with Crippen LogP contribution in [-0.2, 0) is 12.0 Å². The molecule has 0 spiro atoms. The van der Waals surface area contributed by atoms with Crippen LogP contribution in [0.1, 0.15) is 62.6 Å². The van der Waals surface area contributed by atoms with E-state index in [9.17, 15) is 15.0 Å². The molecule has 2 rings (SSSR count). The minimum absolute atomic E-state index is 0.0194. The highest BCUT2D eigenvalue weighted by molar-refractivity contribution is 5.86. The van der Waals surface area contributed by atoms with Crippen molar-refractivity contribution in [3.8, 4) is 0 Å². The van der Waals surface area contributed by atoms with E-state index < -0.39 is 11.6 Å². The van der Waals surface area contributed by atoms with Gasteiger partial charge < -0.3 is 10.2 Å². The largest absolute Gasteiger partial charge is 0.476 e. The molecule has 0 unspecified atom stereocenters. The van der Waals surface area contributed by atoms with Gasteiger partial charge in [0.15, 0.2) is 5.69 Å². The van der Waals surface area contributed by atoms with E-state index in [2.05, 4.69) is 10.3 Å². The summed E-state index contributed by atoms with van der Waals surface area (Å²) in [7, 11) is 0. The van der Waals surface area contributed by atoms with Crippen molar-refractivity contribution in [3.63, 3.8) is 0 Å². The van der Waals surface area contributed by atoms with Gasteiger partial charge in [0.05, 0.1) is 17.8 Å². The molecular formula is C13H21N3O3. The van der Waals surface area contributed by atoms with Crippen LogP contribution >= 0.6 is 0 Å². The molecule has 0 amide bonds. The van der Waals surface area contributed by atoms with Gasteiger partial charge in [0.1, 0.15) is 0 Å². The standard InChI is InChI=1S/C13H21N3O3/c1-12(2,3)10-9(11(17)18)14-15-16(10)8-13(19)6-4-5-7-13/h19H,4-8H2,1-3H3,(H,17,18). The molecule has 1 aliphatic rings. The molecule has 1 heterocycles. The summed E-state index contributed by atoms with van der Waals surface area (Å²) in [5.41, 5.74) is -0.607. The average Bonchev–Trinajstić information content (AvgIpc) is 2.84. The Morgan fingerprint density at radius 3 is 2.42 bits per heavy atom. The smallest absolute Gasteiger partial charge is 0.358 e. The summed E-state index contributed by atoms with van der Waals surface area (Å²) < 4.78 is 1.56. The zero-order valence-corrected chi connectivity index (χ0v) is 11.7. The lowest BCUT2D eigenvalue weighted by Gasteiger charge is -2.26. The number of nitrogens with zero attached hydrogens (tertiary/aromatic N) is 3. The fourth-order valence-electron chi connectivity index (χ4n) is 2.78. The molecule has 0 saturated heterocycles. The van der Waals surface area contributed by atoms with Crippen molar-refractivity contribution >= 4 is 5.97 Å². The molecule has 1 saturated carbocycles. The number of hydrogen-bond acceptors (Lipinski definition) is 4. The Morgan fingerprint density at radius 2 is 1.95 bits per heavy atom. The van der Waals surface area contributed by atoms with Crippen molar-refractivity contribution in [3.05, 3.63) is 11.4 Å². The molecule has 2 N–H and O–H groups in total. The van der Waals surface area contributed by atoms with Crippen molar-refractivity contribution in [2.75, 3.05) is 0 Å². The SMILES string of the molecule is CC(C)(C)c1c(C(=O)O)nnn1CC1(O)CCCC1. The second kappa shape index (κ2) is 4.59. The van der Waals surface area contributed by atoms with Crippen LogP contribution in [0.4, 0.5) is 0 Å². The van der Waals surface area contributed by atoms with Gasteiger partial charge >= 0.3 is 5.97 Å². The summed E-state index contributed by atoms with van der Waals surface area (Å²) in [5, 5.41) is 27.3. The summed E-state index contributed by atoms with van der Waals surface area (Å²) in [4.78, 5) is 11.2. The van der Waals surface area contributed by atoms with E-state index in [-0.39, 0.29) is 11.1 Å². The topological polar surface area (TPSA) is 88.2 Å². The van der Waals surface area contributed by atoms with E-state index in [4.69, 9.17) is 0 Å². The summed E-state index contributed by atoms with van der Waals surface area (Å²) in [6, 6.07) is 0. The lowest BCUT2D eigenvalue weighted by Crippen LogP contribution is -2.34. The Labute approximate surface area is 112 Å². The van der Waals surface area contributed by atoms with Gasteiger partial charge in [-0.15, -0.1) is 5.10 Å². The first-order valence-corrected chi connectivity index (χ1v) is 6.63. The maximum absolute atomic E-state index is 11.2. The van der Waals surface area contributed by atoms with Gasteiger partial charge in [0, 0.05) is 5.41 Å². The highest BCUT2D eigenvalue weighted by Gasteiger charge is 2.36. The Balaban J connectivity index is 2.38. The molecular weight excluding hydrogens is 246 g/mol. The van der Waals surface area contributed by atoms with Gasteiger partial charge in [-0.05, 0) is 12.8 Å². The number of carboxylic acids is 1. The first-order valence-electron chi connectivity index (χ1n) is 6.63. The zero-order chi connectivity index (χ0) is 14.3. The molecule has 0 aliphatic heterocycles. The summed E-state index contributed by atoms with van der Waals surface area (Å²) in [6.45, 7) is 6.09. The van der Waals surface area contributed by atoms with Gasteiger partial charge in [0.2, 0.25) is 0 Å². The minimum atomic E-state index is -1.07. The number of aromatic nitrogens is 3. The molecule has 1 aliphatic carbocycles. The average molecular weight is 267 g/mol. The molecule has 6 heteroatoms. The first-order chi connectivity index (χ1) is 8.73. The molecule has 0 atom stereocenters. The first kappa shape index (κ1) is 14.0. The van der Waals surface area contributed by atoms with E-state index in [1.165, 1.54) is 0 Å². The lowest BCUT2D eigenvalue weighted by molar-refractivity contribution is 0.0244. The molecule has 19 heavy (non-hydrogen) atoms. The summed E-state index contributed by atoms with van der Waals surface area (Å²) >= 11 is 0.